The predicted molar refractivity (Wildman–Crippen MR) is 71.9 cm³/mol. The van der Waals surface area contributed by atoms with Gasteiger partial charge in [-0.25, -0.2) is 8.42 Å². The number of aliphatic carboxylic acids is 1. The number of ether oxygens (including phenoxy) is 1. The summed E-state index contributed by atoms with van der Waals surface area (Å²) < 4.78 is 29.2. The number of nitrogens with one attached hydrogen (secondary N) is 1. The van der Waals surface area contributed by atoms with Gasteiger partial charge in [-0.15, -0.1) is 0 Å². The van der Waals surface area contributed by atoms with Gasteiger partial charge in [-0.2, -0.15) is 0 Å². The molecule has 1 atom stereocenters. The molecule has 0 spiro atoms. The number of hydrogen-bond donors (Lipinski definition) is 2. The van der Waals surface area contributed by atoms with E-state index >= 15 is 0 Å². The molecule has 0 aliphatic rings. The van der Waals surface area contributed by atoms with Crippen LogP contribution >= 0.6 is 0 Å². The molecule has 0 bridgehead atoms. The molecular formula is C11H20N2O5S. The van der Waals surface area contributed by atoms with Crippen molar-refractivity contribution in [2.75, 3.05) is 27.0 Å². The molecule has 7 nitrogen and oxygen atoms in total. The Kier molecular flexibility index (Phi) is 7.17. The fraction of sp³-hybridized carbons (Fsp3) is 0.545. The molecule has 0 aromatic carbocycles. The second-order valence-corrected chi connectivity index (χ2v) is 5.81. The lowest BCUT2D eigenvalue weighted by atomic mass is 10.2. The number of likely N-dealkylation sites (N-methyl/N-ethyl adjacent to an activating group) is 1. The van der Waals surface area contributed by atoms with Gasteiger partial charge in [0.1, 0.15) is 0 Å². The third-order valence-electron chi connectivity index (χ3n) is 2.31. The summed E-state index contributed by atoms with van der Waals surface area (Å²) in [5, 5.41) is 11.4. The summed E-state index contributed by atoms with van der Waals surface area (Å²) in [6.07, 6.45) is 2.84. The third-order valence-corrected chi connectivity index (χ3v) is 3.43. The molecule has 0 radical (unpaired) electrons. The molecule has 2 N–H and O–H groups in total. The molecule has 0 aromatic rings. The van der Waals surface area contributed by atoms with Crippen LogP contribution in [0.4, 0.5) is 0 Å². The monoisotopic (exact) mass is 292 g/mol. The second kappa shape index (κ2) is 7.80. The standard InChI is InChI=1S/C11H20N2O5S/c1-9(12-2)5-6-13(19(4,16)17)8-10(18-3)7-11(14)15/h5-6,10,12H,1,7-8H2,2-4H3,(H,14,15)/b6-5+/t10-/m0/s1. The predicted octanol–water partition coefficient (Wildman–Crippen LogP) is -0.0155. The summed E-state index contributed by atoms with van der Waals surface area (Å²) >= 11 is 0. The van der Waals surface area contributed by atoms with Crippen LogP contribution in [0.25, 0.3) is 0 Å². The van der Waals surface area contributed by atoms with E-state index in [1.807, 2.05) is 0 Å². The van der Waals surface area contributed by atoms with Gasteiger partial charge in [0.2, 0.25) is 10.0 Å². The molecule has 0 aliphatic carbocycles. The highest BCUT2D eigenvalue weighted by molar-refractivity contribution is 7.88. The van der Waals surface area contributed by atoms with Gasteiger partial charge < -0.3 is 15.2 Å². The number of nitrogens with zero attached hydrogens (tertiary/aromatic N) is 1. The summed E-state index contributed by atoms with van der Waals surface area (Å²) in [7, 11) is -0.515. The molecule has 0 saturated heterocycles. The van der Waals surface area contributed by atoms with Crippen LogP contribution in [0.1, 0.15) is 6.42 Å². The normalized spacial score (nSPS) is 13.2. The zero-order valence-corrected chi connectivity index (χ0v) is 12.1. The molecule has 0 fully saturated rings. The van der Waals surface area contributed by atoms with Crippen molar-refractivity contribution in [3.63, 3.8) is 0 Å². The van der Waals surface area contributed by atoms with Gasteiger partial charge in [0.15, 0.2) is 0 Å². The number of sulfonamides is 1. The van der Waals surface area contributed by atoms with E-state index < -0.39 is 22.1 Å². The quantitative estimate of drug-likeness (QED) is 0.580. The minimum absolute atomic E-state index is 0.0743. The summed E-state index contributed by atoms with van der Waals surface area (Å²) in [6.45, 7) is 3.56. The zero-order valence-electron chi connectivity index (χ0n) is 11.3. The summed E-state index contributed by atoms with van der Waals surface area (Å²) in [6, 6.07) is 0. The van der Waals surface area contributed by atoms with Crippen molar-refractivity contribution in [3.05, 3.63) is 24.6 Å². The first-order valence-electron chi connectivity index (χ1n) is 5.47. The van der Waals surface area contributed by atoms with Crippen LogP contribution in [0, 0.1) is 0 Å². The van der Waals surface area contributed by atoms with Crippen LogP contribution in [0.5, 0.6) is 0 Å². The zero-order chi connectivity index (χ0) is 15.1. The first-order valence-corrected chi connectivity index (χ1v) is 7.31. The SMILES string of the molecule is C=C(/C=C/N(C[C@H](CC(=O)O)OC)S(C)(=O)=O)NC. The lowest BCUT2D eigenvalue weighted by Crippen LogP contribution is -2.35. The smallest absolute Gasteiger partial charge is 0.306 e. The maximum absolute atomic E-state index is 11.6. The molecule has 0 aliphatic heterocycles. The maximum atomic E-state index is 11.6. The number of carboxylic acids is 1. The van der Waals surface area contributed by atoms with E-state index in [0.717, 1.165) is 10.6 Å². The van der Waals surface area contributed by atoms with E-state index in [2.05, 4.69) is 11.9 Å². The number of methoxy groups -OCH3 is 1. The Balaban J connectivity index is 4.92. The molecule has 8 heteroatoms. The van der Waals surface area contributed by atoms with E-state index in [1.54, 1.807) is 7.05 Å². The Bertz CT molecular complexity index is 444. The van der Waals surface area contributed by atoms with E-state index in [0.29, 0.717) is 5.70 Å². The molecule has 0 unspecified atom stereocenters. The highest BCUT2D eigenvalue weighted by Gasteiger charge is 2.20. The molecule has 19 heavy (non-hydrogen) atoms. The van der Waals surface area contributed by atoms with Crippen LogP contribution in [0.2, 0.25) is 0 Å². The van der Waals surface area contributed by atoms with E-state index in [9.17, 15) is 13.2 Å². The molecule has 0 rings (SSSR count). The largest absolute Gasteiger partial charge is 0.481 e. The Morgan fingerprint density at radius 2 is 2.16 bits per heavy atom. The van der Waals surface area contributed by atoms with Crippen LogP contribution in [-0.2, 0) is 19.6 Å². The highest BCUT2D eigenvalue weighted by Crippen LogP contribution is 2.07. The minimum atomic E-state index is -3.51. The summed E-state index contributed by atoms with van der Waals surface area (Å²) in [5.74, 6) is -1.05. The van der Waals surface area contributed by atoms with E-state index in [-0.39, 0.29) is 13.0 Å². The number of hydrogen-bond acceptors (Lipinski definition) is 5. The van der Waals surface area contributed by atoms with Gasteiger partial charge >= 0.3 is 5.97 Å². The summed E-state index contributed by atoms with van der Waals surface area (Å²) in [4.78, 5) is 10.6. The van der Waals surface area contributed by atoms with Crippen LogP contribution in [0.3, 0.4) is 0 Å². The Morgan fingerprint density at radius 1 is 1.58 bits per heavy atom. The number of carbonyl (C=O) groups is 1. The lowest BCUT2D eigenvalue weighted by molar-refractivity contribution is -0.139. The van der Waals surface area contributed by atoms with Crippen LogP contribution < -0.4 is 5.32 Å². The fourth-order valence-electron chi connectivity index (χ4n) is 1.18. The number of rotatable bonds is 9. The molecule has 110 valence electrons. The van der Waals surface area contributed by atoms with Gasteiger partial charge in [-0.3, -0.25) is 9.10 Å². The highest BCUT2D eigenvalue weighted by atomic mass is 32.2. The minimum Gasteiger partial charge on any atom is -0.481 e. The average molecular weight is 292 g/mol. The van der Waals surface area contributed by atoms with Gasteiger partial charge in [0.05, 0.1) is 25.3 Å². The fourth-order valence-corrected chi connectivity index (χ4v) is 1.90. The first-order chi connectivity index (χ1) is 8.70. The van der Waals surface area contributed by atoms with E-state index in [4.69, 9.17) is 9.84 Å². The third kappa shape index (κ3) is 7.47. The molecule has 0 saturated carbocycles. The number of allylic oxidation sites excluding steroid dienone is 1. The van der Waals surface area contributed by atoms with Gasteiger partial charge in [0.25, 0.3) is 0 Å². The van der Waals surface area contributed by atoms with Crippen molar-refractivity contribution in [3.8, 4) is 0 Å². The van der Waals surface area contributed by atoms with Crippen molar-refractivity contribution >= 4 is 16.0 Å². The van der Waals surface area contributed by atoms with Crippen molar-refractivity contribution in [2.45, 2.75) is 12.5 Å². The van der Waals surface area contributed by atoms with Crippen molar-refractivity contribution in [1.82, 2.24) is 9.62 Å². The number of carboxylic acid groups (broad SMARTS) is 1. The first kappa shape index (κ1) is 17.5. The summed E-state index contributed by atoms with van der Waals surface area (Å²) in [5.41, 5.74) is 0.529. The average Bonchev–Trinajstić information content (AvgIpc) is 2.30. The van der Waals surface area contributed by atoms with Crippen LogP contribution in [-0.4, -0.2) is 56.9 Å². The van der Waals surface area contributed by atoms with Gasteiger partial charge in [0, 0.05) is 26.1 Å². The maximum Gasteiger partial charge on any atom is 0.306 e. The Hall–Kier alpha value is -1.54. The topological polar surface area (TPSA) is 95.9 Å². The Morgan fingerprint density at radius 3 is 2.53 bits per heavy atom. The molecule has 0 aromatic heterocycles. The van der Waals surface area contributed by atoms with Crippen molar-refractivity contribution in [2.24, 2.45) is 0 Å². The molecular weight excluding hydrogens is 272 g/mol. The van der Waals surface area contributed by atoms with Crippen LogP contribution in [0.15, 0.2) is 24.6 Å². The van der Waals surface area contributed by atoms with E-state index in [1.165, 1.54) is 19.4 Å². The molecule has 0 heterocycles. The van der Waals surface area contributed by atoms with Crippen molar-refractivity contribution < 1.29 is 23.1 Å². The van der Waals surface area contributed by atoms with Gasteiger partial charge in [-0.1, -0.05) is 6.58 Å². The van der Waals surface area contributed by atoms with Crippen molar-refractivity contribution in [1.29, 1.82) is 0 Å². The Labute approximate surface area is 113 Å². The van der Waals surface area contributed by atoms with Gasteiger partial charge in [-0.05, 0) is 6.08 Å². The molecule has 0 amide bonds. The second-order valence-electron chi connectivity index (χ2n) is 3.88. The lowest BCUT2D eigenvalue weighted by Gasteiger charge is -2.22.